The van der Waals surface area contributed by atoms with Gasteiger partial charge in [-0.1, -0.05) is 0 Å². The van der Waals surface area contributed by atoms with Crippen LogP contribution in [0.15, 0.2) is 24.3 Å². The van der Waals surface area contributed by atoms with Gasteiger partial charge in [-0.05, 0) is 56.2 Å². The van der Waals surface area contributed by atoms with Crippen LogP contribution in [0.1, 0.15) is 36.5 Å². The average molecular weight is 268 g/mol. The number of benzene rings is 1. The van der Waals surface area contributed by atoms with Crippen LogP contribution in [-0.4, -0.2) is 24.9 Å². The number of carbonyl (C=O) groups is 1. The quantitative estimate of drug-likeness (QED) is 0.446. The maximum absolute atomic E-state index is 11.4. The van der Waals surface area contributed by atoms with Gasteiger partial charge in [-0.2, -0.15) is 12.6 Å². The van der Waals surface area contributed by atoms with Crippen LogP contribution in [0.25, 0.3) is 0 Å². The van der Waals surface area contributed by atoms with Gasteiger partial charge < -0.3 is 9.47 Å². The number of esters is 1. The van der Waals surface area contributed by atoms with E-state index >= 15 is 0 Å². The Bertz CT molecular complexity index is 349. The third kappa shape index (κ3) is 5.45. The molecule has 0 aliphatic rings. The monoisotopic (exact) mass is 268 g/mol. The molecular formula is C14H20O3S. The molecule has 18 heavy (non-hydrogen) atoms. The Labute approximate surface area is 114 Å². The molecule has 3 nitrogen and oxygen atoms in total. The highest BCUT2D eigenvalue weighted by Gasteiger charge is 2.05. The SMILES string of the molecule is CCOC(=O)c1ccc(OCCCCCS)cc1. The van der Waals surface area contributed by atoms with Crippen LogP contribution < -0.4 is 4.74 Å². The van der Waals surface area contributed by atoms with E-state index in [1.807, 2.05) is 0 Å². The lowest BCUT2D eigenvalue weighted by Gasteiger charge is -2.06. The predicted molar refractivity (Wildman–Crippen MR) is 75.6 cm³/mol. The zero-order chi connectivity index (χ0) is 13.2. The van der Waals surface area contributed by atoms with Crippen molar-refractivity contribution in [2.24, 2.45) is 0 Å². The smallest absolute Gasteiger partial charge is 0.338 e. The van der Waals surface area contributed by atoms with Crippen LogP contribution in [0.2, 0.25) is 0 Å². The molecule has 0 radical (unpaired) electrons. The van der Waals surface area contributed by atoms with E-state index in [1.165, 1.54) is 0 Å². The van der Waals surface area contributed by atoms with Gasteiger partial charge in [0.15, 0.2) is 0 Å². The molecule has 0 saturated heterocycles. The molecule has 100 valence electrons. The number of rotatable bonds is 8. The minimum atomic E-state index is -0.294. The molecule has 0 unspecified atom stereocenters. The Balaban J connectivity index is 2.33. The standard InChI is InChI=1S/C14H20O3S/c1-2-16-14(15)12-6-8-13(9-7-12)17-10-4-3-5-11-18/h6-9,18H,2-5,10-11H2,1H3. The normalized spacial score (nSPS) is 10.1. The Hall–Kier alpha value is -1.16. The molecule has 0 atom stereocenters. The number of carbonyl (C=O) groups excluding carboxylic acids is 1. The second-order valence-electron chi connectivity index (χ2n) is 3.88. The third-order valence-electron chi connectivity index (χ3n) is 2.44. The van der Waals surface area contributed by atoms with Crippen molar-refractivity contribution in [3.8, 4) is 5.75 Å². The van der Waals surface area contributed by atoms with Crippen LogP contribution >= 0.6 is 12.6 Å². The molecule has 1 rings (SSSR count). The summed E-state index contributed by atoms with van der Waals surface area (Å²) in [6, 6.07) is 7.04. The molecule has 4 heteroatoms. The molecule has 0 fully saturated rings. The van der Waals surface area contributed by atoms with Crippen molar-refractivity contribution in [2.45, 2.75) is 26.2 Å². The first-order valence-electron chi connectivity index (χ1n) is 6.28. The van der Waals surface area contributed by atoms with E-state index in [2.05, 4.69) is 12.6 Å². The number of unbranched alkanes of at least 4 members (excludes halogenated alkanes) is 2. The van der Waals surface area contributed by atoms with Crippen molar-refractivity contribution in [3.05, 3.63) is 29.8 Å². The third-order valence-corrected chi connectivity index (χ3v) is 2.75. The molecule has 0 N–H and O–H groups in total. The van der Waals surface area contributed by atoms with Crippen molar-refractivity contribution in [1.29, 1.82) is 0 Å². The van der Waals surface area contributed by atoms with Crippen LogP contribution in [0.4, 0.5) is 0 Å². The fourth-order valence-electron chi connectivity index (χ4n) is 1.48. The number of hydrogen-bond acceptors (Lipinski definition) is 4. The zero-order valence-corrected chi connectivity index (χ0v) is 11.6. The summed E-state index contributed by atoms with van der Waals surface area (Å²) in [5.41, 5.74) is 0.555. The largest absolute Gasteiger partial charge is 0.494 e. The lowest BCUT2D eigenvalue weighted by Crippen LogP contribution is -2.04. The van der Waals surface area contributed by atoms with E-state index in [1.54, 1.807) is 31.2 Å². The zero-order valence-electron chi connectivity index (χ0n) is 10.7. The van der Waals surface area contributed by atoms with Crippen LogP contribution in [0.3, 0.4) is 0 Å². The van der Waals surface area contributed by atoms with Crippen molar-refractivity contribution < 1.29 is 14.3 Å². The van der Waals surface area contributed by atoms with Crippen molar-refractivity contribution in [1.82, 2.24) is 0 Å². The summed E-state index contributed by atoms with van der Waals surface area (Å²) in [5.74, 6) is 1.42. The average Bonchev–Trinajstić information content (AvgIpc) is 2.39. The Kier molecular flexibility index (Phi) is 7.34. The predicted octanol–water partition coefficient (Wildman–Crippen LogP) is 3.34. The van der Waals surface area contributed by atoms with Gasteiger partial charge in [0.25, 0.3) is 0 Å². The van der Waals surface area contributed by atoms with Crippen molar-refractivity contribution in [3.63, 3.8) is 0 Å². The molecule has 0 aliphatic heterocycles. The van der Waals surface area contributed by atoms with E-state index < -0.39 is 0 Å². The van der Waals surface area contributed by atoms with E-state index in [9.17, 15) is 4.79 Å². The molecule has 0 amide bonds. The molecule has 0 bridgehead atoms. The molecular weight excluding hydrogens is 248 g/mol. The summed E-state index contributed by atoms with van der Waals surface area (Å²) in [6.45, 7) is 2.88. The topological polar surface area (TPSA) is 35.5 Å². The number of ether oxygens (including phenoxy) is 2. The minimum absolute atomic E-state index is 0.294. The molecule has 0 aliphatic carbocycles. The summed E-state index contributed by atoms with van der Waals surface area (Å²) in [5, 5.41) is 0. The molecule has 0 heterocycles. The first-order valence-corrected chi connectivity index (χ1v) is 6.92. The highest BCUT2D eigenvalue weighted by Crippen LogP contribution is 2.13. The summed E-state index contributed by atoms with van der Waals surface area (Å²) in [7, 11) is 0. The van der Waals surface area contributed by atoms with Gasteiger partial charge in [0, 0.05) is 0 Å². The van der Waals surface area contributed by atoms with Crippen LogP contribution in [0.5, 0.6) is 5.75 Å². The van der Waals surface area contributed by atoms with Gasteiger partial charge in [-0.15, -0.1) is 0 Å². The van der Waals surface area contributed by atoms with Crippen molar-refractivity contribution >= 4 is 18.6 Å². The molecule has 0 saturated carbocycles. The second kappa shape index (κ2) is 8.86. The molecule has 1 aromatic carbocycles. The summed E-state index contributed by atoms with van der Waals surface area (Å²) < 4.78 is 10.5. The summed E-state index contributed by atoms with van der Waals surface area (Å²) in [4.78, 5) is 11.4. The fourth-order valence-corrected chi connectivity index (χ4v) is 1.71. The number of hydrogen-bond donors (Lipinski definition) is 1. The maximum Gasteiger partial charge on any atom is 0.338 e. The minimum Gasteiger partial charge on any atom is -0.494 e. The second-order valence-corrected chi connectivity index (χ2v) is 4.32. The van der Waals surface area contributed by atoms with Gasteiger partial charge in [-0.3, -0.25) is 0 Å². The summed E-state index contributed by atoms with van der Waals surface area (Å²) in [6.07, 6.45) is 3.28. The van der Waals surface area contributed by atoms with Gasteiger partial charge in [0.05, 0.1) is 18.8 Å². The fraction of sp³-hybridized carbons (Fsp3) is 0.500. The summed E-state index contributed by atoms with van der Waals surface area (Å²) >= 11 is 4.16. The van der Waals surface area contributed by atoms with E-state index in [-0.39, 0.29) is 5.97 Å². The first kappa shape index (κ1) is 14.9. The van der Waals surface area contributed by atoms with Crippen LogP contribution in [0, 0.1) is 0 Å². The molecule has 0 aromatic heterocycles. The Morgan fingerprint density at radius 3 is 2.50 bits per heavy atom. The van der Waals surface area contributed by atoms with Gasteiger partial charge >= 0.3 is 5.97 Å². The van der Waals surface area contributed by atoms with Gasteiger partial charge in [-0.25, -0.2) is 4.79 Å². The lowest BCUT2D eigenvalue weighted by atomic mass is 10.2. The maximum atomic E-state index is 11.4. The number of thiol groups is 1. The van der Waals surface area contributed by atoms with E-state index in [4.69, 9.17) is 9.47 Å². The Morgan fingerprint density at radius 2 is 1.89 bits per heavy atom. The van der Waals surface area contributed by atoms with Gasteiger partial charge in [0.2, 0.25) is 0 Å². The van der Waals surface area contributed by atoms with Gasteiger partial charge in [0.1, 0.15) is 5.75 Å². The van der Waals surface area contributed by atoms with Crippen LogP contribution in [-0.2, 0) is 4.74 Å². The highest BCUT2D eigenvalue weighted by atomic mass is 32.1. The van der Waals surface area contributed by atoms with E-state index in [0.717, 1.165) is 30.8 Å². The Morgan fingerprint density at radius 1 is 1.17 bits per heavy atom. The first-order chi connectivity index (χ1) is 8.77. The molecule has 0 spiro atoms. The highest BCUT2D eigenvalue weighted by molar-refractivity contribution is 7.80. The van der Waals surface area contributed by atoms with E-state index in [0.29, 0.717) is 18.8 Å². The molecule has 1 aromatic rings. The lowest BCUT2D eigenvalue weighted by molar-refractivity contribution is 0.0526. The van der Waals surface area contributed by atoms with Crippen molar-refractivity contribution in [2.75, 3.05) is 19.0 Å².